The third kappa shape index (κ3) is 3.31. The van der Waals surface area contributed by atoms with Crippen molar-refractivity contribution in [3.63, 3.8) is 0 Å². The lowest BCUT2D eigenvalue weighted by atomic mass is 9.98. The molecule has 3 rings (SSSR count). The molecular weight excluding hydrogens is 266 g/mol. The van der Waals surface area contributed by atoms with Crippen LogP contribution in [0.4, 0.5) is 0 Å². The molecule has 0 saturated carbocycles. The van der Waals surface area contributed by atoms with Gasteiger partial charge in [-0.3, -0.25) is 4.90 Å². The van der Waals surface area contributed by atoms with Crippen LogP contribution in [0.3, 0.4) is 0 Å². The molecule has 2 unspecified atom stereocenters. The van der Waals surface area contributed by atoms with Crippen LogP contribution < -0.4 is 0 Å². The summed E-state index contributed by atoms with van der Waals surface area (Å²) < 4.78 is 5.75. The van der Waals surface area contributed by atoms with Crippen LogP contribution in [0.15, 0.2) is 34.7 Å². The first-order chi connectivity index (χ1) is 10.2. The minimum Gasteiger partial charge on any atom is -0.419 e. The Bertz CT molecular complexity index is 568. The Labute approximate surface area is 124 Å². The molecule has 0 spiro atoms. The van der Waals surface area contributed by atoms with Crippen molar-refractivity contribution in [1.82, 2.24) is 15.1 Å². The number of rotatable bonds is 4. The zero-order valence-corrected chi connectivity index (χ0v) is 12.3. The molecule has 1 fully saturated rings. The zero-order chi connectivity index (χ0) is 14.7. The molecular formula is C16H21N3O2. The van der Waals surface area contributed by atoms with Crippen molar-refractivity contribution in [3.05, 3.63) is 36.2 Å². The fraction of sp³-hybridized carbons (Fsp3) is 0.500. The Morgan fingerprint density at radius 2 is 2.10 bits per heavy atom. The summed E-state index contributed by atoms with van der Waals surface area (Å²) >= 11 is 0. The highest BCUT2D eigenvalue weighted by Crippen LogP contribution is 2.23. The second-order valence-electron chi connectivity index (χ2n) is 5.64. The maximum Gasteiger partial charge on any atom is 0.247 e. The highest BCUT2D eigenvalue weighted by Gasteiger charge is 2.27. The van der Waals surface area contributed by atoms with E-state index in [1.54, 1.807) is 0 Å². The van der Waals surface area contributed by atoms with Crippen molar-refractivity contribution in [2.24, 2.45) is 0 Å². The first-order valence-corrected chi connectivity index (χ1v) is 7.54. The third-order valence-electron chi connectivity index (χ3n) is 4.05. The van der Waals surface area contributed by atoms with Gasteiger partial charge in [-0.25, -0.2) is 0 Å². The molecule has 0 aliphatic carbocycles. The first kappa shape index (κ1) is 14.2. The van der Waals surface area contributed by atoms with Gasteiger partial charge < -0.3 is 9.52 Å². The summed E-state index contributed by atoms with van der Waals surface area (Å²) in [5.41, 5.74) is 0.932. The van der Waals surface area contributed by atoms with E-state index in [9.17, 15) is 5.11 Å². The van der Waals surface area contributed by atoms with Gasteiger partial charge in [0.2, 0.25) is 11.8 Å². The fourth-order valence-electron chi connectivity index (χ4n) is 2.95. The second kappa shape index (κ2) is 6.37. The molecule has 2 atom stereocenters. The molecule has 1 saturated heterocycles. The molecule has 1 aliphatic rings. The number of hydrogen-bond donors (Lipinski definition) is 1. The SMILES string of the molecule is CC(O)C1CCCCN1Cc1nnc(-c2ccccc2)o1. The van der Waals surface area contributed by atoms with Gasteiger partial charge in [0.25, 0.3) is 0 Å². The number of aromatic nitrogens is 2. The minimum atomic E-state index is -0.332. The van der Waals surface area contributed by atoms with Gasteiger partial charge in [-0.1, -0.05) is 24.6 Å². The summed E-state index contributed by atoms with van der Waals surface area (Å²) in [4.78, 5) is 2.25. The number of benzene rings is 1. The average Bonchev–Trinajstić information content (AvgIpc) is 2.97. The quantitative estimate of drug-likeness (QED) is 0.936. The van der Waals surface area contributed by atoms with Crippen molar-refractivity contribution in [2.75, 3.05) is 6.54 Å². The third-order valence-corrected chi connectivity index (χ3v) is 4.05. The number of hydrogen-bond acceptors (Lipinski definition) is 5. The van der Waals surface area contributed by atoms with Gasteiger partial charge in [-0.15, -0.1) is 10.2 Å². The second-order valence-corrected chi connectivity index (χ2v) is 5.64. The average molecular weight is 287 g/mol. The Morgan fingerprint density at radius 3 is 2.86 bits per heavy atom. The van der Waals surface area contributed by atoms with Crippen LogP contribution in [0.2, 0.25) is 0 Å². The van der Waals surface area contributed by atoms with Crippen LogP contribution in [-0.4, -0.2) is 38.9 Å². The van der Waals surface area contributed by atoms with Crippen LogP contribution in [0.25, 0.3) is 11.5 Å². The largest absolute Gasteiger partial charge is 0.419 e. The van der Waals surface area contributed by atoms with Gasteiger partial charge in [0.05, 0.1) is 12.6 Å². The number of aliphatic hydroxyl groups is 1. The minimum absolute atomic E-state index is 0.186. The Kier molecular flexibility index (Phi) is 4.31. The fourth-order valence-corrected chi connectivity index (χ4v) is 2.95. The Hall–Kier alpha value is -1.72. The number of likely N-dealkylation sites (tertiary alicyclic amines) is 1. The summed E-state index contributed by atoms with van der Waals surface area (Å²) in [6.07, 6.45) is 3.02. The summed E-state index contributed by atoms with van der Waals surface area (Å²) in [7, 11) is 0. The van der Waals surface area contributed by atoms with E-state index in [-0.39, 0.29) is 12.1 Å². The van der Waals surface area contributed by atoms with E-state index in [1.807, 2.05) is 37.3 Å². The number of piperidine rings is 1. The zero-order valence-electron chi connectivity index (χ0n) is 12.3. The van der Waals surface area contributed by atoms with Crippen LogP contribution in [0.5, 0.6) is 0 Å². The van der Waals surface area contributed by atoms with Gasteiger partial charge in [-0.05, 0) is 38.4 Å². The highest BCUT2D eigenvalue weighted by molar-refractivity contribution is 5.51. The van der Waals surface area contributed by atoms with Gasteiger partial charge in [-0.2, -0.15) is 0 Å². The van der Waals surface area contributed by atoms with Crippen molar-refractivity contribution in [2.45, 2.75) is 44.9 Å². The molecule has 5 nitrogen and oxygen atoms in total. The van der Waals surface area contributed by atoms with E-state index >= 15 is 0 Å². The van der Waals surface area contributed by atoms with Crippen molar-refractivity contribution < 1.29 is 9.52 Å². The normalized spacial score (nSPS) is 21.3. The molecule has 1 N–H and O–H groups in total. The van der Waals surface area contributed by atoms with Crippen LogP contribution in [0, 0.1) is 0 Å². The van der Waals surface area contributed by atoms with E-state index in [2.05, 4.69) is 15.1 Å². The van der Waals surface area contributed by atoms with Crippen molar-refractivity contribution in [3.8, 4) is 11.5 Å². The summed E-state index contributed by atoms with van der Waals surface area (Å²) in [5.74, 6) is 1.16. The number of aliphatic hydroxyl groups excluding tert-OH is 1. The van der Waals surface area contributed by atoms with Gasteiger partial charge >= 0.3 is 0 Å². The summed E-state index contributed by atoms with van der Waals surface area (Å²) in [6.45, 7) is 3.43. The first-order valence-electron chi connectivity index (χ1n) is 7.54. The molecule has 21 heavy (non-hydrogen) atoms. The molecule has 1 aromatic heterocycles. The van der Waals surface area contributed by atoms with Gasteiger partial charge in [0, 0.05) is 11.6 Å². The highest BCUT2D eigenvalue weighted by atomic mass is 16.4. The molecule has 2 heterocycles. The van der Waals surface area contributed by atoms with Crippen molar-refractivity contribution in [1.29, 1.82) is 0 Å². The predicted molar refractivity (Wildman–Crippen MR) is 79.5 cm³/mol. The van der Waals surface area contributed by atoms with Gasteiger partial charge in [0.15, 0.2) is 0 Å². The molecule has 112 valence electrons. The summed E-state index contributed by atoms with van der Waals surface area (Å²) in [6, 6.07) is 9.96. The predicted octanol–water partition coefficient (Wildman–Crippen LogP) is 2.47. The molecule has 5 heteroatoms. The van der Waals surface area contributed by atoms with E-state index in [4.69, 9.17) is 4.42 Å². The van der Waals surface area contributed by atoms with E-state index in [1.165, 1.54) is 6.42 Å². The molecule has 0 radical (unpaired) electrons. The maximum atomic E-state index is 9.90. The van der Waals surface area contributed by atoms with Crippen LogP contribution in [-0.2, 0) is 6.54 Å². The maximum absolute atomic E-state index is 9.90. The van der Waals surface area contributed by atoms with E-state index < -0.39 is 0 Å². The topological polar surface area (TPSA) is 62.4 Å². The van der Waals surface area contributed by atoms with E-state index in [0.717, 1.165) is 24.9 Å². The lowest BCUT2D eigenvalue weighted by Gasteiger charge is -2.36. The van der Waals surface area contributed by atoms with Crippen LogP contribution in [0.1, 0.15) is 32.1 Å². The smallest absolute Gasteiger partial charge is 0.247 e. The van der Waals surface area contributed by atoms with Crippen LogP contribution >= 0.6 is 0 Å². The lowest BCUT2D eigenvalue weighted by molar-refractivity contribution is 0.0271. The standard InChI is InChI=1S/C16H21N3O2/c1-12(20)14-9-5-6-10-19(14)11-15-17-18-16(21-15)13-7-3-2-4-8-13/h2-4,7-8,12,14,20H,5-6,9-11H2,1H3. The molecule has 1 aromatic carbocycles. The monoisotopic (exact) mass is 287 g/mol. The van der Waals surface area contributed by atoms with Gasteiger partial charge in [0.1, 0.15) is 0 Å². The van der Waals surface area contributed by atoms with E-state index in [0.29, 0.717) is 18.3 Å². The number of nitrogens with zero attached hydrogens (tertiary/aromatic N) is 3. The molecule has 0 amide bonds. The summed E-state index contributed by atoms with van der Waals surface area (Å²) in [5, 5.41) is 18.2. The Balaban J connectivity index is 1.72. The Morgan fingerprint density at radius 1 is 1.29 bits per heavy atom. The van der Waals surface area contributed by atoms with Crippen molar-refractivity contribution >= 4 is 0 Å². The molecule has 1 aliphatic heterocycles. The lowest BCUT2D eigenvalue weighted by Crippen LogP contribution is -2.45. The molecule has 2 aromatic rings. The molecule has 0 bridgehead atoms.